The molecule has 37 heavy (non-hydrogen) atoms. The van der Waals surface area contributed by atoms with E-state index in [0.717, 1.165) is 45.4 Å². The fourth-order valence-corrected chi connectivity index (χ4v) is 4.91. The van der Waals surface area contributed by atoms with Crippen molar-refractivity contribution in [3.8, 4) is 22.8 Å². The molecule has 0 saturated heterocycles. The number of carboxylic acids is 1. The number of fused-ring (bicyclic) bond motifs is 2. The summed E-state index contributed by atoms with van der Waals surface area (Å²) in [5, 5.41) is 10.2. The van der Waals surface area contributed by atoms with Crippen LogP contribution in [0.5, 0.6) is 11.5 Å². The molecule has 0 bridgehead atoms. The van der Waals surface area contributed by atoms with Gasteiger partial charge in [0.25, 0.3) is 0 Å². The highest BCUT2D eigenvalue weighted by atomic mass is 16.5. The van der Waals surface area contributed by atoms with Gasteiger partial charge >= 0.3 is 5.97 Å². The molecule has 188 valence electrons. The Bertz CT molecular complexity index is 1540. The molecule has 2 aromatic heterocycles. The molecule has 8 heteroatoms. The average molecular weight is 498 g/mol. The molecule has 0 fully saturated rings. The highest BCUT2D eigenvalue weighted by molar-refractivity contribution is 6.00. The summed E-state index contributed by atoms with van der Waals surface area (Å²) >= 11 is 0. The molecular weight excluding hydrogens is 470 g/mol. The minimum absolute atomic E-state index is 0.0893. The molecule has 1 aliphatic heterocycles. The van der Waals surface area contributed by atoms with E-state index in [1.54, 1.807) is 50.8 Å². The molecule has 1 N–H and O–H groups in total. The normalized spacial score (nSPS) is 13.1. The quantitative estimate of drug-likeness (QED) is 0.393. The zero-order valence-corrected chi connectivity index (χ0v) is 20.9. The Hall–Kier alpha value is -4.59. The Morgan fingerprint density at radius 2 is 1.73 bits per heavy atom. The largest absolute Gasteiger partial charge is 0.493 e. The van der Waals surface area contributed by atoms with E-state index >= 15 is 0 Å². The molecule has 0 saturated carbocycles. The van der Waals surface area contributed by atoms with Crippen LogP contribution in [0.15, 0.2) is 60.8 Å². The second-order valence-electron chi connectivity index (χ2n) is 8.90. The number of carboxylic acid groups (broad SMARTS) is 1. The summed E-state index contributed by atoms with van der Waals surface area (Å²) in [5.74, 6) is 0.269. The topological polar surface area (TPSA) is 93.9 Å². The van der Waals surface area contributed by atoms with Crippen molar-refractivity contribution in [1.29, 1.82) is 0 Å². The minimum Gasteiger partial charge on any atom is -0.493 e. The van der Waals surface area contributed by atoms with Crippen molar-refractivity contribution >= 4 is 29.0 Å². The third kappa shape index (κ3) is 4.42. The van der Waals surface area contributed by atoms with E-state index in [0.29, 0.717) is 24.6 Å². The molecule has 0 spiro atoms. The number of aromatic nitrogens is 2. The third-order valence-corrected chi connectivity index (χ3v) is 6.81. The molecular formula is C29H27N3O5. The summed E-state index contributed by atoms with van der Waals surface area (Å²) in [6.45, 7) is 1.09. The van der Waals surface area contributed by atoms with Gasteiger partial charge in [-0.15, -0.1) is 0 Å². The highest BCUT2D eigenvalue weighted by Gasteiger charge is 2.22. The monoisotopic (exact) mass is 497 g/mol. The van der Waals surface area contributed by atoms with Crippen molar-refractivity contribution in [1.82, 2.24) is 14.5 Å². The van der Waals surface area contributed by atoms with Crippen LogP contribution < -0.4 is 9.47 Å². The number of aromatic carboxylic acids is 1. The number of hydrogen-bond donors (Lipinski definition) is 1. The lowest BCUT2D eigenvalue weighted by atomic mass is 9.98. The molecule has 0 radical (unpaired) electrons. The van der Waals surface area contributed by atoms with Crippen LogP contribution in [-0.4, -0.2) is 52.2 Å². The molecule has 2 aromatic carbocycles. The Kier molecular flexibility index (Phi) is 6.40. The van der Waals surface area contributed by atoms with Crippen LogP contribution in [0.4, 0.5) is 0 Å². The number of rotatable bonds is 6. The first-order valence-electron chi connectivity index (χ1n) is 11.9. The number of ether oxygens (including phenoxy) is 2. The van der Waals surface area contributed by atoms with Crippen LogP contribution in [-0.2, 0) is 24.8 Å². The summed E-state index contributed by atoms with van der Waals surface area (Å²) in [6.07, 6.45) is 5.89. The maximum absolute atomic E-state index is 13.3. The lowest BCUT2D eigenvalue weighted by Gasteiger charge is -2.28. The van der Waals surface area contributed by atoms with E-state index in [1.807, 2.05) is 46.9 Å². The van der Waals surface area contributed by atoms with E-state index in [9.17, 15) is 14.7 Å². The number of aryl methyl sites for hydroxylation is 1. The van der Waals surface area contributed by atoms with Gasteiger partial charge in [-0.25, -0.2) is 9.78 Å². The molecule has 1 aliphatic rings. The second kappa shape index (κ2) is 9.81. The molecule has 0 aliphatic carbocycles. The fraction of sp³-hybridized carbons (Fsp3) is 0.207. The van der Waals surface area contributed by atoms with E-state index < -0.39 is 5.97 Å². The summed E-state index contributed by atoms with van der Waals surface area (Å²) in [6, 6.07) is 14.5. The average Bonchev–Trinajstić information content (AvgIpc) is 3.21. The molecule has 3 heterocycles. The second-order valence-corrected chi connectivity index (χ2v) is 8.90. The maximum atomic E-state index is 13.3. The van der Waals surface area contributed by atoms with Crippen LogP contribution in [0.3, 0.4) is 0 Å². The molecule has 1 amide bonds. The first-order chi connectivity index (χ1) is 17.9. The Balaban J connectivity index is 1.47. The summed E-state index contributed by atoms with van der Waals surface area (Å²) in [5.41, 5.74) is 5.73. The predicted octanol–water partition coefficient (Wildman–Crippen LogP) is 4.55. The molecule has 8 nitrogen and oxygen atoms in total. The molecule has 5 rings (SSSR count). The molecule has 0 atom stereocenters. The summed E-state index contributed by atoms with van der Waals surface area (Å²) in [4.78, 5) is 30.9. The first-order valence-corrected chi connectivity index (χ1v) is 11.9. The predicted molar refractivity (Wildman–Crippen MR) is 141 cm³/mol. The van der Waals surface area contributed by atoms with Gasteiger partial charge in [0, 0.05) is 43.4 Å². The van der Waals surface area contributed by atoms with Crippen molar-refractivity contribution in [2.45, 2.75) is 13.0 Å². The van der Waals surface area contributed by atoms with Gasteiger partial charge in [0.2, 0.25) is 5.91 Å². The highest BCUT2D eigenvalue weighted by Crippen LogP contribution is 2.35. The van der Waals surface area contributed by atoms with Gasteiger partial charge in [0.15, 0.2) is 11.5 Å². The number of nitrogens with zero attached hydrogens (tertiary/aromatic N) is 3. The Morgan fingerprint density at radius 3 is 2.41 bits per heavy atom. The summed E-state index contributed by atoms with van der Waals surface area (Å²) < 4.78 is 12.8. The van der Waals surface area contributed by atoms with Crippen LogP contribution in [0.2, 0.25) is 0 Å². The van der Waals surface area contributed by atoms with Crippen molar-refractivity contribution in [2.75, 3.05) is 20.8 Å². The smallest absolute Gasteiger partial charge is 0.335 e. The van der Waals surface area contributed by atoms with Crippen molar-refractivity contribution in [2.24, 2.45) is 7.05 Å². The lowest BCUT2D eigenvalue weighted by molar-refractivity contribution is -0.126. The van der Waals surface area contributed by atoms with E-state index in [4.69, 9.17) is 9.47 Å². The number of methoxy groups -OCH3 is 2. The standard InChI is InChI=1S/C29H27N3O5/c1-31-27(18-6-8-19(9-7-18)29(34)35)22(23-5-4-13-30-28(23)31)10-11-26(33)32-14-12-20-15-24(36-2)25(37-3)16-21(20)17-32/h4-11,13,15-16H,12,14,17H2,1-3H3,(H,34,35). The van der Waals surface area contributed by atoms with Crippen LogP contribution in [0, 0.1) is 0 Å². The number of pyridine rings is 1. The third-order valence-electron chi connectivity index (χ3n) is 6.81. The van der Waals surface area contributed by atoms with Crippen molar-refractivity contribution in [3.05, 3.63) is 83.1 Å². The van der Waals surface area contributed by atoms with Crippen molar-refractivity contribution in [3.63, 3.8) is 0 Å². The first kappa shape index (κ1) is 24.1. The van der Waals surface area contributed by atoms with E-state index in [-0.39, 0.29) is 11.5 Å². The van der Waals surface area contributed by atoms with Gasteiger partial charge in [-0.2, -0.15) is 0 Å². The van der Waals surface area contributed by atoms with Gasteiger partial charge in [0.1, 0.15) is 5.65 Å². The molecule has 4 aromatic rings. The van der Waals surface area contributed by atoms with Gasteiger partial charge in [0.05, 0.1) is 25.5 Å². The number of carbonyl (C=O) groups is 2. The summed E-state index contributed by atoms with van der Waals surface area (Å²) in [7, 11) is 5.13. The number of benzene rings is 2. The lowest BCUT2D eigenvalue weighted by Crippen LogP contribution is -2.34. The van der Waals surface area contributed by atoms with Gasteiger partial charge < -0.3 is 24.0 Å². The van der Waals surface area contributed by atoms with Crippen molar-refractivity contribution < 1.29 is 24.2 Å². The Morgan fingerprint density at radius 1 is 1.03 bits per heavy atom. The van der Waals surface area contributed by atoms with Crippen LogP contribution >= 0.6 is 0 Å². The number of hydrogen-bond acceptors (Lipinski definition) is 5. The SMILES string of the molecule is COc1cc2c(cc1OC)CN(C(=O)C=Cc1c(-c3ccc(C(=O)O)cc3)n(C)c3ncccc13)CC2. The van der Waals surface area contributed by atoms with Gasteiger partial charge in [-0.3, -0.25) is 4.79 Å². The van der Waals surface area contributed by atoms with E-state index in [1.165, 1.54) is 0 Å². The zero-order chi connectivity index (χ0) is 26.1. The minimum atomic E-state index is -0.977. The van der Waals surface area contributed by atoms with Crippen LogP contribution in [0.1, 0.15) is 27.0 Å². The van der Waals surface area contributed by atoms with Gasteiger partial charge in [-0.05, 0) is 65.6 Å². The number of amides is 1. The zero-order valence-electron chi connectivity index (χ0n) is 20.9. The van der Waals surface area contributed by atoms with Crippen LogP contribution in [0.25, 0.3) is 28.4 Å². The molecule has 0 unspecified atom stereocenters. The maximum Gasteiger partial charge on any atom is 0.335 e. The van der Waals surface area contributed by atoms with Gasteiger partial charge in [-0.1, -0.05) is 12.1 Å². The van der Waals surface area contributed by atoms with E-state index in [2.05, 4.69) is 4.98 Å². The fourth-order valence-electron chi connectivity index (χ4n) is 4.91. The Labute approximate surface area is 214 Å². The number of carbonyl (C=O) groups excluding carboxylic acids is 1.